The van der Waals surface area contributed by atoms with Crippen molar-refractivity contribution >= 4 is 0 Å². The molecule has 0 spiro atoms. The predicted octanol–water partition coefficient (Wildman–Crippen LogP) is 0.514. The first-order valence-corrected chi connectivity index (χ1v) is 2.95. The van der Waals surface area contributed by atoms with Gasteiger partial charge in [-0.05, 0) is 5.92 Å². The molecule has 1 unspecified atom stereocenters. The molecule has 8 heavy (non-hydrogen) atoms. The first kappa shape index (κ1) is 7.92. The van der Waals surface area contributed by atoms with E-state index in [2.05, 4.69) is 6.92 Å². The summed E-state index contributed by atoms with van der Waals surface area (Å²) in [4.78, 5) is 0. The second kappa shape index (κ2) is 3.87. The largest absolute Gasteiger partial charge is 0.379 e. The van der Waals surface area contributed by atoms with E-state index in [4.69, 9.17) is 10.8 Å². The van der Waals surface area contributed by atoms with Crippen molar-refractivity contribution in [1.29, 1.82) is 0 Å². The molecule has 0 aromatic carbocycles. The van der Waals surface area contributed by atoms with E-state index >= 15 is 0 Å². The van der Waals surface area contributed by atoms with Crippen LogP contribution in [0.25, 0.3) is 0 Å². The Morgan fingerprint density at radius 1 is 1.75 bits per heavy atom. The van der Waals surface area contributed by atoms with E-state index in [1.165, 1.54) is 0 Å². The second-order valence-corrected chi connectivity index (χ2v) is 2.07. The van der Waals surface area contributed by atoms with E-state index in [9.17, 15) is 0 Å². The third kappa shape index (κ3) is 4.09. The molecule has 0 rings (SSSR count). The molecule has 3 N–H and O–H groups in total. The highest BCUT2D eigenvalue weighted by Crippen LogP contribution is 2.04. The van der Waals surface area contributed by atoms with Crippen molar-refractivity contribution in [3.8, 4) is 0 Å². The second-order valence-electron chi connectivity index (χ2n) is 2.07. The fraction of sp³-hybridized carbons (Fsp3) is 0.833. The van der Waals surface area contributed by atoms with Crippen LogP contribution in [0.3, 0.4) is 0 Å². The molecule has 0 bridgehead atoms. The Kier molecular flexibility index (Phi) is 3.83. The first-order chi connectivity index (χ1) is 3.66. The Labute approximate surface area is 50.7 Å². The van der Waals surface area contributed by atoms with Gasteiger partial charge in [0.2, 0.25) is 0 Å². The van der Waals surface area contributed by atoms with Crippen molar-refractivity contribution in [3.63, 3.8) is 0 Å². The van der Waals surface area contributed by atoms with Crippen LogP contribution >= 0.6 is 0 Å². The van der Waals surface area contributed by atoms with Crippen LogP contribution in [0.2, 0.25) is 0 Å². The summed E-state index contributed by atoms with van der Waals surface area (Å²) in [6.07, 6.45) is 2.01. The fourth-order valence-corrected chi connectivity index (χ4v) is 0.473. The lowest BCUT2D eigenvalue weighted by molar-refractivity contribution is 0.201. The highest BCUT2D eigenvalue weighted by atomic mass is 16.3. The average Bonchev–Trinajstić information content (AvgIpc) is 1.65. The maximum atomic E-state index is 8.58. The third-order valence-corrected chi connectivity index (χ3v) is 1.17. The van der Waals surface area contributed by atoms with Gasteiger partial charge in [0, 0.05) is 6.42 Å². The molecule has 0 aromatic heterocycles. The van der Waals surface area contributed by atoms with E-state index in [1.807, 2.05) is 6.92 Å². The molecule has 0 saturated carbocycles. The highest BCUT2D eigenvalue weighted by molar-refractivity contribution is 4.75. The minimum Gasteiger partial charge on any atom is -0.379 e. The topological polar surface area (TPSA) is 46.2 Å². The van der Waals surface area contributed by atoms with Gasteiger partial charge in [0.1, 0.15) is 6.23 Å². The number of rotatable bonds is 3. The van der Waals surface area contributed by atoms with Crippen molar-refractivity contribution in [2.45, 2.75) is 26.5 Å². The normalized spacial score (nSPS) is 18.0. The highest BCUT2D eigenvalue weighted by Gasteiger charge is 2.02. The van der Waals surface area contributed by atoms with Crippen molar-refractivity contribution in [1.82, 2.24) is 0 Å². The van der Waals surface area contributed by atoms with Crippen LogP contribution in [0.4, 0.5) is 0 Å². The van der Waals surface area contributed by atoms with Gasteiger partial charge in [-0.1, -0.05) is 20.3 Å². The van der Waals surface area contributed by atoms with Gasteiger partial charge in [-0.2, -0.15) is 0 Å². The zero-order chi connectivity index (χ0) is 6.57. The summed E-state index contributed by atoms with van der Waals surface area (Å²) >= 11 is 0. The van der Waals surface area contributed by atoms with Crippen molar-refractivity contribution in [2.75, 3.05) is 0 Å². The zero-order valence-corrected chi connectivity index (χ0v) is 5.46. The van der Waals surface area contributed by atoms with Crippen LogP contribution in [0.15, 0.2) is 0 Å². The summed E-state index contributed by atoms with van der Waals surface area (Å²) in [5.41, 5.74) is 5.07. The Morgan fingerprint density at radius 3 is 2.38 bits per heavy atom. The van der Waals surface area contributed by atoms with Gasteiger partial charge in [-0.15, -0.1) is 0 Å². The standard InChI is InChI=1S/C6H14NO/c1-3-5(2)4-6(7)8/h4-6,8H,3,7H2,1-2H3/t5-,6?/m1/s1. The van der Waals surface area contributed by atoms with Crippen molar-refractivity contribution in [2.24, 2.45) is 11.7 Å². The summed E-state index contributed by atoms with van der Waals surface area (Å²) in [5, 5.41) is 8.58. The molecular formula is C6H14NO. The Bertz CT molecular complexity index is 54.5. The van der Waals surface area contributed by atoms with Gasteiger partial charge in [-0.25, -0.2) is 0 Å². The minimum atomic E-state index is -0.745. The molecule has 0 saturated heterocycles. The third-order valence-electron chi connectivity index (χ3n) is 1.17. The molecule has 0 fully saturated rings. The number of hydrogen-bond donors (Lipinski definition) is 2. The predicted molar refractivity (Wildman–Crippen MR) is 33.9 cm³/mol. The van der Waals surface area contributed by atoms with Gasteiger partial charge >= 0.3 is 0 Å². The lowest BCUT2D eigenvalue weighted by Gasteiger charge is -2.08. The van der Waals surface area contributed by atoms with Gasteiger partial charge in [0.25, 0.3) is 0 Å². The van der Waals surface area contributed by atoms with Gasteiger partial charge in [0.05, 0.1) is 0 Å². The fourth-order valence-electron chi connectivity index (χ4n) is 0.473. The molecule has 0 aliphatic carbocycles. The molecule has 0 aliphatic rings. The molecule has 0 aliphatic heterocycles. The van der Waals surface area contributed by atoms with E-state index in [-0.39, 0.29) is 0 Å². The molecule has 2 nitrogen and oxygen atoms in total. The zero-order valence-electron chi connectivity index (χ0n) is 5.46. The monoisotopic (exact) mass is 116 g/mol. The Morgan fingerprint density at radius 2 is 2.25 bits per heavy atom. The van der Waals surface area contributed by atoms with E-state index in [0.717, 1.165) is 6.42 Å². The summed E-state index contributed by atoms with van der Waals surface area (Å²) in [7, 11) is 0. The lowest BCUT2D eigenvalue weighted by Crippen LogP contribution is -2.22. The van der Waals surface area contributed by atoms with E-state index in [1.54, 1.807) is 6.42 Å². The van der Waals surface area contributed by atoms with Crippen LogP contribution in [0.5, 0.6) is 0 Å². The van der Waals surface area contributed by atoms with E-state index < -0.39 is 6.23 Å². The summed E-state index contributed by atoms with van der Waals surface area (Å²) in [6.45, 7) is 4.08. The van der Waals surface area contributed by atoms with Gasteiger partial charge < -0.3 is 10.8 Å². The van der Waals surface area contributed by atoms with E-state index in [0.29, 0.717) is 5.92 Å². The molecular weight excluding hydrogens is 102 g/mol. The smallest absolute Gasteiger partial charge is 0.105 e. The molecule has 1 radical (unpaired) electrons. The molecule has 2 heteroatoms. The molecule has 0 heterocycles. The summed E-state index contributed by atoms with van der Waals surface area (Å²) in [5.74, 6) is 0.426. The number of nitrogens with two attached hydrogens (primary N) is 1. The van der Waals surface area contributed by atoms with Crippen LogP contribution in [-0.4, -0.2) is 11.3 Å². The number of hydrogen-bond acceptors (Lipinski definition) is 2. The SMILES string of the molecule is CC[C@@H](C)[CH]C(N)O. The van der Waals surface area contributed by atoms with Crippen molar-refractivity contribution in [3.05, 3.63) is 6.42 Å². The number of aliphatic hydroxyl groups excluding tert-OH is 1. The molecule has 2 atom stereocenters. The molecule has 49 valence electrons. The molecule has 0 aromatic rings. The maximum absolute atomic E-state index is 8.58. The Balaban J connectivity index is 3.10. The van der Waals surface area contributed by atoms with Gasteiger partial charge in [-0.3, -0.25) is 0 Å². The maximum Gasteiger partial charge on any atom is 0.105 e. The van der Waals surface area contributed by atoms with Gasteiger partial charge in [0.15, 0.2) is 0 Å². The first-order valence-electron chi connectivity index (χ1n) is 2.95. The van der Waals surface area contributed by atoms with Crippen LogP contribution in [0, 0.1) is 12.3 Å². The average molecular weight is 116 g/mol. The number of aliphatic hydroxyl groups is 1. The van der Waals surface area contributed by atoms with Crippen LogP contribution in [-0.2, 0) is 0 Å². The van der Waals surface area contributed by atoms with Crippen LogP contribution in [0.1, 0.15) is 20.3 Å². The van der Waals surface area contributed by atoms with Crippen molar-refractivity contribution < 1.29 is 5.11 Å². The molecule has 0 amide bonds. The summed E-state index contributed by atoms with van der Waals surface area (Å²) in [6, 6.07) is 0. The Hall–Kier alpha value is -0.0800. The summed E-state index contributed by atoms with van der Waals surface area (Å²) < 4.78 is 0. The minimum absolute atomic E-state index is 0.426. The van der Waals surface area contributed by atoms with Crippen LogP contribution < -0.4 is 5.73 Å². The lowest BCUT2D eigenvalue weighted by atomic mass is 10.1. The quantitative estimate of drug-likeness (QED) is 0.528.